The van der Waals surface area contributed by atoms with E-state index in [1.807, 2.05) is 24.5 Å². The van der Waals surface area contributed by atoms with Crippen LogP contribution in [0.5, 0.6) is 0 Å². The molecule has 2 N–H and O–H groups in total. The monoisotopic (exact) mass is 336 g/mol. The van der Waals surface area contributed by atoms with E-state index in [4.69, 9.17) is 0 Å². The maximum absolute atomic E-state index is 12.6. The third kappa shape index (κ3) is 5.83. The molecule has 0 saturated carbocycles. The van der Waals surface area contributed by atoms with E-state index in [2.05, 4.69) is 22.3 Å². The van der Waals surface area contributed by atoms with Crippen LogP contribution in [-0.2, 0) is 11.3 Å². The van der Waals surface area contributed by atoms with Crippen LogP contribution < -0.4 is 5.32 Å². The van der Waals surface area contributed by atoms with Gasteiger partial charge in [-0.05, 0) is 38.1 Å². The van der Waals surface area contributed by atoms with E-state index in [1.54, 1.807) is 18.7 Å². The summed E-state index contributed by atoms with van der Waals surface area (Å²) in [6, 6.07) is 10.2. The van der Waals surface area contributed by atoms with Crippen molar-refractivity contribution in [2.75, 3.05) is 25.1 Å². The van der Waals surface area contributed by atoms with Crippen molar-refractivity contribution in [3.63, 3.8) is 0 Å². The standard InChI is InChI=1S/C18H28N2O2S/c1-18(22,14-23-2)13-19-17(21)16-10-6-7-11-20(16)12-15-8-4-3-5-9-15/h3-5,8-9,16,22H,6-7,10-14H2,1-2H3,(H,19,21). The summed E-state index contributed by atoms with van der Waals surface area (Å²) in [5.74, 6) is 0.660. The topological polar surface area (TPSA) is 52.6 Å². The average Bonchev–Trinajstić information content (AvgIpc) is 2.54. The molecule has 128 valence electrons. The smallest absolute Gasteiger partial charge is 0.237 e. The number of likely N-dealkylation sites (tertiary alicyclic amines) is 1. The number of carbonyl (C=O) groups is 1. The molecule has 1 fully saturated rings. The van der Waals surface area contributed by atoms with Crippen molar-refractivity contribution in [3.05, 3.63) is 35.9 Å². The van der Waals surface area contributed by atoms with Gasteiger partial charge in [0.1, 0.15) is 0 Å². The minimum Gasteiger partial charge on any atom is -0.387 e. The Morgan fingerprint density at radius 2 is 2.13 bits per heavy atom. The van der Waals surface area contributed by atoms with Crippen molar-refractivity contribution >= 4 is 17.7 Å². The first kappa shape index (κ1) is 18.3. The van der Waals surface area contributed by atoms with Gasteiger partial charge in [-0.1, -0.05) is 36.8 Å². The lowest BCUT2D eigenvalue weighted by Crippen LogP contribution is -2.52. The van der Waals surface area contributed by atoms with Crippen molar-refractivity contribution in [1.29, 1.82) is 0 Å². The van der Waals surface area contributed by atoms with Crippen LogP contribution in [0.1, 0.15) is 31.7 Å². The SMILES string of the molecule is CSCC(C)(O)CNC(=O)C1CCCCN1Cc1ccccc1. The van der Waals surface area contributed by atoms with Gasteiger partial charge in [0.15, 0.2) is 0 Å². The number of hydrogen-bond donors (Lipinski definition) is 2. The Bertz CT molecular complexity index is 493. The minimum atomic E-state index is -0.853. The summed E-state index contributed by atoms with van der Waals surface area (Å²) in [6.45, 7) is 3.84. The van der Waals surface area contributed by atoms with E-state index in [0.29, 0.717) is 12.3 Å². The van der Waals surface area contributed by atoms with Crippen LogP contribution in [0.15, 0.2) is 30.3 Å². The molecule has 2 rings (SSSR count). The van der Waals surface area contributed by atoms with Crippen LogP contribution in [0.2, 0.25) is 0 Å². The van der Waals surface area contributed by atoms with Gasteiger partial charge in [0.2, 0.25) is 5.91 Å². The molecule has 0 spiro atoms. The molecular weight excluding hydrogens is 308 g/mol. The first-order valence-corrected chi connectivity index (χ1v) is 9.68. The van der Waals surface area contributed by atoms with Crippen molar-refractivity contribution in [2.24, 2.45) is 0 Å². The number of aliphatic hydroxyl groups is 1. The Hall–Kier alpha value is -1.04. The Morgan fingerprint density at radius 3 is 2.83 bits per heavy atom. The number of carbonyl (C=O) groups excluding carboxylic acids is 1. The molecule has 1 heterocycles. The Balaban J connectivity index is 1.93. The third-order valence-electron chi connectivity index (χ3n) is 4.24. The molecule has 1 aliphatic heterocycles. The number of hydrogen-bond acceptors (Lipinski definition) is 4. The fourth-order valence-electron chi connectivity index (χ4n) is 3.05. The van der Waals surface area contributed by atoms with E-state index < -0.39 is 5.60 Å². The van der Waals surface area contributed by atoms with Gasteiger partial charge in [-0.15, -0.1) is 0 Å². The average molecular weight is 337 g/mol. The highest BCUT2D eigenvalue weighted by atomic mass is 32.2. The minimum absolute atomic E-state index is 0.0435. The van der Waals surface area contributed by atoms with Crippen molar-refractivity contribution < 1.29 is 9.90 Å². The highest BCUT2D eigenvalue weighted by Crippen LogP contribution is 2.20. The molecule has 1 saturated heterocycles. The summed E-state index contributed by atoms with van der Waals surface area (Å²) in [5.41, 5.74) is 0.384. The zero-order chi connectivity index (χ0) is 16.7. The lowest BCUT2D eigenvalue weighted by atomic mass is 10.00. The van der Waals surface area contributed by atoms with Crippen molar-refractivity contribution in [1.82, 2.24) is 10.2 Å². The van der Waals surface area contributed by atoms with Crippen LogP contribution in [-0.4, -0.2) is 52.7 Å². The van der Waals surface area contributed by atoms with Gasteiger partial charge in [0.05, 0.1) is 11.6 Å². The molecule has 4 nitrogen and oxygen atoms in total. The lowest BCUT2D eigenvalue weighted by Gasteiger charge is -2.35. The second kappa shape index (κ2) is 8.71. The molecule has 0 bridgehead atoms. The summed E-state index contributed by atoms with van der Waals surface area (Å²) in [7, 11) is 0. The van der Waals surface area contributed by atoms with Gasteiger partial charge >= 0.3 is 0 Å². The molecule has 0 aromatic heterocycles. The van der Waals surface area contributed by atoms with Crippen molar-refractivity contribution in [2.45, 2.75) is 44.4 Å². The van der Waals surface area contributed by atoms with Crippen LogP contribution >= 0.6 is 11.8 Å². The van der Waals surface area contributed by atoms with Gasteiger partial charge in [-0.3, -0.25) is 9.69 Å². The molecule has 2 unspecified atom stereocenters. The fourth-order valence-corrected chi connectivity index (χ4v) is 3.78. The number of piperidine rings is 1. The summed E-state index contributed by atoms with van der Waals surface area (Å²) in [4.78, 5) is 14.8. The molecule has 23 heavy (non-hydrogen) atoms. The molecule has 1 aliphatic rings. The highest BCUT2D eigenvalue weighted by Gasteiger charge is 2.30. The maximum Gasteiger partial charge on any atom is 0.237 e. The van der Waals surface area contributed by atoms with Crippen LogP contribution in [0.25, 0.3) is 0 Å². The van der Waals surface area contributed by atoms with Crippen LogP contribution in [0.3, 0.4) is 0 Å². The van der Waals surface area contributed by atoms with E-state index in [9.17, 15) is 9.90 Å². The summed E-state index contributed by atoms with van der Waals surface area (Å²) < 4.78 is 0. The predicted molar refractivity (Wildman–Crippen MR) is 96.5 cm³/mol. The summed E-state index contributed by atoms with van der Waals surface area (Å²) in [5, 5.41) is 13.2. The third-order valence-corrected chi connectivity index (χ3v) is 5.15. The number of benzene rings is 1. The van der Waals surface area contributed by atoms with Gasteiger partial charge in [0.25, 0.3) is 0 Å². The second-order valence-electron chi connectivity index (χ2n) is 6.62. The number of rotatable bonds is 7. The highest BCUT2D eigenvalue weighted by molar-refractivity contribution is 7.98. The molecule has 1 aromatic rings. The summed E-state index contributed by atoms with van der Waals surface area (Å²) in [6.07, 6.45) is 5.08. The van der Waals surface area contributed by atoms with Gasteiger partial charge in [-0.2, -0.15) is 11.8 Å². The van der Waals surface area contributed by atoms with Crippen LogP contribution in [0.4, 0.5) is 0 Å². The van der Waals surface area contributed by atoms with Gasteiger partial charge < -0.3 is 10.4 Å². The van der Waals surface area contributed by atoms with Gasteiger partial charge in [-0.25, -0.2) is 0 Å². The molecule has 1 aromatic carbocycles. The number of thioether (sulfide) groups is 1. The Labute approximate surface area is 143 Å². The predicted octanol–water partition coefficient (Wildman–Crippen LogP) is 2.27. The largest absolute Gasteiger partial charge is 0.387 e. The summed E-state index contributed by atoms with van der Waals surface area (Å²) >= 11 is 1.59. The number of amides is 1. The molecule has 5 heteroatoms. The number of nitrogens with zero attached hydrogens (tertiary/aromatic N) is 1. The van der Waals surface area contributed by atoms with Crippen LogP contribution in [0, 0.1) is 0 Å². The number of nitrogens with one attached hydrogen (secondary N) is 1. The maximum atomic E-state index is 12.6. The lowest BCUT2D eigenvalue weighted by molar-refractivity contribution is -0.128. The quantitative estimate of drug-likeness (QED) is 0.802. The zero-order valence-corrected chi connectivity index (χ0v) is 14.9. The molecule has 0 radical (unpaired) electrons. The Morgan fingerprint density at radius 1 is 1.39 bits per heavy atom. The molecule has 1 amide bonds. The van der Waals surface area contributed by atoms with E-state index in [0.717, 1.165) is 32.4 Å². The Kier molecular flexibility index (Phi) is 6.93. The van der Waals surface area contributed by atoms with Crippen molar-refractivity contribution in [3.8, 4) is 0 Å². The first-order valence-electron chi connectivity index (χ1n) is 8.29. The fraction of sp³-hybridized carbons (Fsp3) is 0.611. The van der Waals surface area contributed by atoms with E-state index in [-0.39, 0.29) is 11.9 Å². The normalized spacial score (nSPS) is 21.6. The molecule has 0 aliphatic carbocycles. The van der Waals surface area contributed by atoms with E-state index in [1.165, 1.54) is 5.56 Å². The zero-order valence-electron chi connectivity index (χ0n) is 14.1. The second-order valence-corrected chi connectivity index (χ2v) is 7.48. The van der Waals surface area contributed by atoms with Gasteiger partial charge in [0, 0.05) is 18.8 Å². The first-order chi connectivity index (χ1) is 11.0. The molecular formula is C18H28N2O2S. The molecule has 2 atom stereocenters. The van der Waals surface area contributed by atoms with E-state index >= 15 is 0 Å².